The van der Waals surface area contributed by atoms with Crippen molar-refractivity contribution in [1.82, 2.24) is 15.3 Å². The van der Waals surface area contributed by atoms with Gasteiger partial charge in [0.15, 0.2) is 0 Å². The Morgan fingerprint density at radius 3 is 2.55 bits per heavy atom. The van der Waals surface area contributed by atoms with Crippen LogP contribution >= 0.6 is 11.3 Å². The van der Waals surface area contributed by atoms with Crippen LogP contribution in [-0.2, 0) is 9.59 Å². The number of aryl methyl sites for hydroxylation is 2. The van der Waals surface area contributed by atoms with Gasteiger partial charge in [-0.15, -0.1) is 11.3 Å². The summed E-state index contributed by atoms with van der Waals surface area (Å²) in [5.41, 5.74) is 3.31. The number of hydrogen-bond donors (Lipinski definition) is 4. The second kappa shape index (κ2) is 8.97. The van der Waals surface area contributed by atoms with E-state index in [0.717, 1.165) is 26.2 Å². The van der Waals surface area contributed by atoms with Gasteiger partial charge in [0.1, 0.15) is 23.0 Å². The number of carbonyl (C=O) groups excluding carboxylic acids is 1. The van der Waals surface area contributed by atoms with Crippen molar-refractivity contribution < 1.29 is 19.8 Å². The van der Waals surface area contributed by atoms with Crippen LogP contribution in [0.1, 0.15) is 16.9 Å². The van der Waals surface area contributed by atoms with Crippen molar-refractivity contribution in [3.8, 4) is 11.1 Å². The molecule has 2 aromatic heterocycles. The lowest BCUT2D eigenvalue weighted by molar-refractivity contribution is -0.142. The monoisotopic (exact) mass is 414 g/mol. The first-order valence-corrected chi connectivity index (χ1v) is 9.90. The zero-order valence-electron chi connectivity index (χ0n) is 16.1. The molecule has 0 spiro atoms. The standard InChI is InChI=1S/C20H22N4O4S/c1-11-3-5-13(6-4-11)16-12(2)29-19-17(16)18(22-10-23-19)21-8-7-15(26)24-14(9-25)20(27)28/h3-6,10,14,25H,7-9H2,1-2H3,(H,24,26)(H,27,28)(H,21,22,23). The van der Waals surface area contributed by atoms with Crippen molar-refractivity contribution in [3.05, 3.63) is 41.0 Å². The van der Waals surface area contributed by atoms with Gasteiger partial charge in [-0.2, -0.15) is 0 Å². The van der Waals surface area contributed by atoms with Gasteiger partial charge in [0.05, 0.1) is 12.0 Å². The largest absolute Gasteiger partial charge is 0.480 e. The number of carboxylic acids is 1. The number of aliphatic hydroxyl groups is 1. The van der Waals surface area contributed by atoms with Crippen LogP contribution < -0.4 is 10.6 Å². The van der Waals surface area contributed by atoms with E-state index in [4.69, 9.17) is 10.2 Å². The number of aliphatic carboxylic acids is 1. The number of aromatic nitrogens is 2. The highest BCUT2D eigenvalue weighted by Gasteiger charge is 2.19. The quantitative estimate of drug-likeness (QED) is 0.446. The summed E-state index contributed by atoms with van der Waals surface area (Å²) in [6, 6.07) is 6.93. The van der Waals surface area contributed by atoms with E-state index in [2.05, 4.69) is 44.9 Å². The number of fused-ring (bicyclic) bond motifs is 1. The molecule has 0 radical (unpaired) electrons. The number of hydrogen-bond acceptors (Lipinski definition) is 7. The summed E-state index contributed by atoms with van der Waals surface area (Å²) in [5.74, 6) is -1.12. The van der Waals surface area contributed by atoms with Gasteiger partial charge in [-0.25, -0.2) is 14.8 Å². The fourth-order valence-corrected chi connectivity index (χ4v) is 4.01. The van der Waals surface area contributed by atoms with Crippen LogP contribution in [0.5, 0.6) is 0 Å². The van der Waals surface area contributed by atoms with E-state index in [1.165, 1.54) is 11.9 Å². The molecule has 1 atom stereocenters. The van der Waals surface area contributed by atoms with E-state index in [1.807, 2.05) is 13.8 Å². The molecule has 29 heavy (non-hydrogen) atoms. The normalized spacial score (nSPS) is 12.0. The Morgan fingerprint density at radius 2 is 1.90 bits per heavy atom. The molecule has 8 nitrogen and oxygen atoms in total. The third kappa shape index (κ3) is 4.69. The Labute approximate surface area is 171 Å². The second-order valence-corrected chi connectivity index (χ2v) is 7.82. The second-order valence-electron chi connectivity index (χ2n) is 6.62. The van der Waals surface area contributed by atoms with Gasteiger partial charge in [-0.1, -0.05) is 29.8 Å². The fourth-order valence-electron chi connectivity index (χ4n) is 2.99. The molecule has 1 aromatic carbocycles. The zero-order valence-corrected chi connectivity index (χ0v) is 16.9. The Bertz CT molecular complexity index is 1030. The molecule has 3 rings (SSSR count). The summed E-state index contributed by atoms with van der Waals surface area (Å²) in [7, 11) is 0. The summed E-state index contributed by atoms with van der Waals surface area (Å²) >= 11 is 1.58. The Balaban J connectivity index is 1.79. The number of anilines is 1. The van der Waals surface area contributed by atoms with Crippen molar-refractivity contribution in [2.45, 2.75) is 26.3 Å². The number of amides is 1. The molecule has 0 aliphatic rings. The minimum atomic E-state index is -1.30. The summed E-state index contributed by atoms with van der Waals surface area (Å²) in [6.45, 7) is 3.68. The van der Waals surface area contributed by atoms with Crippen LogP contribution in [0.3, 0.4) is 0 Å². The molecular weight excluding hydrogens is 392 g/mol. The number of aliphatic hydroxyl groups excluding tert-OH is 1. The summed E-state index contributed by atoms with van der Waals surface area (Å²) in [6.07, 6.45) is 1.52. The van der Waals surface area contributed by atoms with E-state index >= 15 is 0 Å². The Morgan fingerprint density at radius 1 is 1.17 bits per heavy atom. The number of thiophene rings is 1. The molecule has 0 bridgehead atoms. The van der Waals surface area contributed by atoms with Crippen LogP contribution in [0.4, 0.5) is 5.82 Å². The number of carbonyl (C=O) groups is 2. The lowest BCUT2D eigenvalue weighted by Crippen LogP contribution is -2.43. The van der Waals surface area contributed by atoms with E-state index in [9.17, 15) is 9.59 Å². The molecule has 152 valence electrons. The lowest BCUT2D eigenvalue weighted by atomic mass is 10.0. The molecule has 0 aliphatic heterocycles. The number of benzene rings is 1. The van der Waals surface area contributed by atoms with Crippen LogP contribution in [0.15, 0.2) is 30.6 Å². The van der Waals surface area contributed by atoms with Crippen molar-refractivity contribution in [1.29, 1.82) is 0 Å². The summed E-state index contributed by atoms with van der Waals surface area (Å²) in [5, 5.41) is 24.2. The van der Waals surface area contributed by atoms with Gasteiger partial charge in [0.2, 0.25) is 5.91 Å². The number of nitrogens with one attached hydrogen (secondary N) is 2. The van der Waals surface area contributed by atoms with Gasteiger partial charge in [0.25, 0.3) is 0 Å². The van der Waals surface area contributed by atoms with Gasteiger partial charge >= 0.3 is 5.97 Å². The van der Waals surface area contributed by atoms with Gasteiger partial charge in [-0.05, 0) is 19.4 Å². The third-order valence-corrected chi connectivity index (χ3v) is 5.48. The molecule has 0 fully saturated rings. The molecule has 9 heteroatoms. The van der Waals surface area contributed by atoms with E-state index in [0.29, 0.717) is 5.82 Å². The third-order valence-electron chi connectivity index (χ3n) is 4.46. The molecule has 4 N–H and O–H groups in total. The minimum absolute atomic E-state index is 0.0399. The van der Waals surface area contributed by atoms with Crippen LogP contribution in [0.2, 0.25) is 0 Å². The highest BCUT2D eigenvalue weighted by molar-refractivity contribution is 7.19. The summed E-state index contributed by atoms with van der Waals surface area (Å²) < 4.78 is 0. The van der Waals surface area contributed by atoms with Crippen molar-refractivity contribution >= 4 is 39.2 Å². The molecular formula is C20H22N4O4S. The first-order chi connectivity index (χ1) is 13.9. The maximum absolute atomic E-state index is 11.9. The molecule has 2 heterocycles. The van der Waals surface area contributed by atoms with Gasteiger partial charge in [-0.3, -0.25) is 4.79 Å². The summed E-state index contributed by atoms with van der Waals surface area (Å²) in [4.78, 5) is 33.5. The molecule has 0 saturated carbocycles. The Hall–Kier alpha value is -3.04. The highest BCUT2D eigenvalue weighted by atomic mass is 32.1. The minimum Gasteiger partial charge on any atom is -0.480 e. The maximum Gasteiger partial charge on any atom is 0.328 e. The average Bonchev–Trinajstić information content (AvgIpc) is 3.03. The van der Waals surface area contributed by atoms with E-state index < -0.39 is 24.5 Å². The molecule has 1 unspecified atom stereocenters. The lowest BCUT2D eigenvalue weighted by Gasteiger charge is -2.12. The number of nitrogens with zero attached hydrogens (tertiary/aromatic N) is 2. The van der Waals surface area contributed by atoms with Crippen molar-refractivity contribution in [2.75, 3.05) is 18.5 Å². The van der Waals surface area contributed by atoms with Gasteiger partial charge < -0.3 is 20.8 Å². The zero-order chi connectivity index (χ0) is 21.0. The number of rotatable bonds is 8. The van der Waals surface area contributed by atoms with Crippen molar-refractivity contribution in [2.24, 2.45) is 0 Å². The first kappa shape index (κ1) is 20.7. The van der Waals surface area contributed by atoms with Gasteiger partial charge in [0, 0.05) is 23.4 Å². The SMILES string of the molecule is Cc1ccc(-c2c(C)sc3ncnc(NCCC(=O)NC(CO)C(=O)O)c23)cc1. The van der Waals surface area contributed by atoms with E-state index in [-0.39, 0.29) is 13.0 Å². The topological polar surface area (TPSA) is 124 Å². The molecule has 0 saturated heterocycles. The van der Waals surface area contributed by atoms with Crippen molar-refractivity contribution in [3.63, 3.8) is 0 Å². The Kier molecular flexibility index (Phi) is 6.40. The molecule has 3 aromatic rings. The van der Waals surface area contributed by atoms with Crippen LogP contribution in [-0.4, -0.2) is 51.3 Å². The average molecular weight is 414 g/mol. The fraction of sp³-hybridized carbons (Fsp3) is 0.300. The first-order valence-electron chi connectivity index (χ1n) is 9.08. The smallest absolute Gasteiger partial charge is 0.328 e. The van der Waals surface area contributed by atoms with Crippen LogP contribution in [0, 0.1) is 13.8 Å². The number of carboxylic acid groups (broad SMARTS) is 1. The van der Waals surface area contributed by atoms with E-state index in [1.54, 1.807) is 11.3 Å². The molecule has 1 amide bonds. The maximum atomic E-state index is 11.9. The predicted molar refractivity (Wildman–Crippen MR) is 112 cm³/mol. The predicted octanol–water partition coefficient (Wildman–Crippen LogP) is 2.34. The highest BCUT2D eigenvalue weighted by Crippen LogP contribution is 2.40. The van der Waals surface area contributed by atoms with Crippen LogP contribution in [0.25, 0.3) is 21.3 Å². The molecule has 0 aliphatic carbocycles.